The minimum Gasteiger partial charge on any atom is -0.433 e. The van der Waals surface area contributed by atoms with E-state index in [1.807, 2.05) is 0 Å². The van der Waals surface area contributed by atoms with Crippen LogP contribution in [-0.4, -0.2) is 62.9 Å². The summed E-state index contributed by atoms with van der Waals surface area (Å²) in [6.07, 6.45) is 5.98. The van der Waals surface area contributed by atoms with E-state index in [2.05, 4.69) is 34.0 Å². The van der Waals surface area contributed by atoms with Gasteiger partial charge in [-0.3, -0.25) is 13.9 Å². The number of nitrogens with zero attached hydrogens (tertiary/aromatic N) is 5. The van der Waals surface area contributed by atoms with Crippen molar-refractivity contribution in [2.45, 2.75) is 102 Å². The fourth-order valence-electron chi connectivity index (χ4n) is 4.74. The van der Waals surface area contributed by atoms with Crippen LogP contribution in [0.2, 0.25) is 0 Å². The predicted molar refractivity (Wildman–Crippen MR) is 155 cm³/mol. The summed E-state index contributed by atoms with van der Waals surface area (Å²) in [7, 11) is 1.65. The van der Waals surface area contributed by atoms with Gasteiger partial charge in [-0.1, -0.05) is 82.4 Å². The molecule has 0 saturated carbocycles. The average Bonchev–Trinajstić information content (AvgIpc) is 3.30. The number of thioether (sulfide) groups is 1. The summed E-state index contributed by atoms with van der Waals surface area (Å²) in [4.78, 5) is 35.7. The number of esters is 1. The van der Waals surface area contributed by atoms with E-state index in [-0.39, 0.29) is 42.3 Å². The molecule has 0 radical (unpaired) electrons. The van der Waals surface area contributed by atoms with Crippen molar-refractivity contribution >= 4 is 34.8 Å². The number of ether oxygens (including phenoxy) is 1. The number of hydrogen-bond acceptors (Lipinski definition) is 8. The highest BCUT2D eigenvalue weighted by atomic mass is 32.2. The first kappa shape index (κ1) is 32.8. The number of anilines is 1. The number of fused-ring (bicyclic) bond motifs is 1. The summed E-state index contributed by atoms with van der Waals surface area (Å²) in [5.41, 5.74) is 0.0650. The largest absolute Gasteiger partial charge is 0.491 e. The van der Waals surface area contributed by atoms with Crippen molar-refractivity contribution in [3.8, 4) is 11.8 Å². The third kappa shape index (κ3) is 9.13. The van der Waals surface area contributed by atoms with Crippen LogP contribution in [0.4, 0.5) is 19.1 Å². The average molecular weight is 599 g/mol. The number of imidazole rings is 1. The van der Waals surface area contributed by atoms with Crippen molar-refractivity contribution in [3.63, 3.8) is 0 Å². The van der Waals surface area contributed by atoms with Gasteiger partial charge in [0, 0.05) is 25.9 Å². The first-order valence-corrected chi connectivity index (χ1v) is 15.4. The van der Waals surface area contributed by atoms with E-state index < -0.39 is 18.4 Å². The van der Waals surface area contributed by atoms with Crippen LogP contribution in [0.3, 0.4) is 0 Å². The third-order valence-corrected chi connectivity index (χ3v) is 8.11. The first-order chi connectivity index (χ1) is 19.7. The molecule has 13 heteroatoms. The van der Waals surface area contributed by atoms with Gasteiger partial charge in [-0.2, -0.15) is 18.2 Å². The molecule has 41 heavy (non-hydrogen) atoms. The minimum atomic E-state index is -5.13. The highest BCUT2D eigenvalue weighted by Crippen LogP contribution is 2.26. The van der Waals surface area contributed by atoms with Gasteiger partial charge in [-0.15, -0.1) is 5.92 Å². The molecule has 228 valence electrons. The van der Waals surface area contributed by atoms with Crippen LogP contribution in [0.15, 0.2) is 9.95 Å². The van der Waals surface area contributed by atoms with Crippen molar-refractivity contribution in [2.24, 2.45) is 7.05 Å². The monoisotopic (exact) mass is 598 g/mol. The van der Waals surface area contributed by atoms with Crippen molar-refractivity contribution < 1.29 is 22.7 Å². The van der Waals surface area contributed by atoms with Crippen molar-refractivity contribution in [1.29, 1.82) is 0 Å². The zero-order chi connectivity index (χ0) is 29.8. The Kier molecular flexibility index (Phi) is 12.8. The van der Waals surface area contributed by atoms with Gasteiger partial charge in [0.1, 0.15) is 0 Å². The molecule has 0 amide bonds. The van der Waals surface area contributed by atoms with Crippen LogP contribution in [0.5, 0.6) is 0 Å². The third-order valence-electron chi connectivity index (χ3n) is 7.00. The molecule has 1 saturated heterocycles. The number of carbonyl (C=O) groups is 1. The van der Waals surface area contributed by atoms with Gasteiger partial charge >= 0.3 is 12.1 Å². The Balaban J connectivity index is 1.73. The van der Waals surface area contributed by atoms with Crippen LogP contribution in [0, 0.1) is 11.8 Å². The minimum absolute atomic E-state index is 0.0319. The number of rotatable bonds is 15. The van der Waals surface area contributed by atoms with Gasteiger partial charge in [0.25, 0.3) is 5.56 Å². The lowest BCUT2D eigenvalue weighted by Crippen LogP contribution is -2.55. The predicted octanol–water partition coefficient (Wildman–Crippen LogP) is 5.01. The van der Waals surface area contributed by atoms with Crippen molar-refractivity contribution in [3.05, 3.63) is 10.4 Å². The summed E-state index contributed by atoms with van der Waals surface area (Å²) >= 11 is 1.49. The molecule has 9 nitrogen and oxygen atoms in total. The summed E-state index contributed by atoms with van der Waals surface area (Å²) in [5.74, 6) is 4.39. The van der Waals surface area contributed by atoms with Crippen LogP contribution in [0.1, 0.15) is 78.1 Å². The molecule has 3 heterocycles. The zero-order valence-corrected chi connectivity index (χ0v) is 25.0. The quantitative estimate of drug-likeness (QED) is 0.101. The SMILES string of the molecule is CC#CCn1c(N2CCNCC2OC(=O)C(F)(F)F)nc2nc(SCCCCCCCCCCCC)n(C)c(=O)c21. The van der Waals surface area contributed by atoms with E-state index in [1.165, 1.54) is 77.2 Å². The van der Waals surface area contributed by atoms with E-state index in [9.17, 15) is 22.8 Å². The molecule has 3 rings (SSSR count). The second-order valence-electron chi connectivity index (χ2n) is 10.1. The lowest BCUT2D eigenvalue weighted by atomic mass is 10.1. The summed E-state index contributed by atoms with van der Waals surface area (Å²) < 4.78 is 46.6. The molecule has 2 aromatic heterocycles. The van der Waals surface area contributed by atoms with E-state index in [1.54, 1.807) is 14.0 Å². The Morgan fingerprint density at radius 1 is 1.10 bits per heavy atom. The number of alkyl halides is 3. The lowest BCUT2D eigenvalue weighted by molar-refractivity contribution is -0.205. The van der Waals surface area contributed by atoms with Crippen molar-refractivity contribution in [2.75, 3.05) is 30.3 Å². The van der Waals surface area contributed by atoms with Crippen LogP contribution in [-0.2, 0) is 23.1 Å². The molecule has 1 fully saturated rings. The van der Waals surface area contributed by atoms with Gasteiger partial charge in [-0.25, -0.2) is 9.78 Å². The molecule has 1 aliphatic rings. The molecular weight excluding hydrogens is 557 g/mol. The molecule has 1 aliphatic heterocycles. The Morgan fingerprint density at radius 3 is 2.39 bits per heavy atom. The standard InChI is InChI=1S/C28H41F3N6O3S/c1-4-6-8-9-10-11-12-13-14-15-19-41-27-34-23-22(24(38)35(27)3)37(17-7-5-2)26(33-23)36-18-16-32-20-21(36)40-25(39)28(29,30)31/h21,32H,4,6,8-20H2,1-3H3. The molecule has 1 atom stereocenters. The van der Waals surface area contributed by atoms with Crippen LogP contribution in [0.25, 0.3) is 11.2 Å². The van der Waals surface area contributed by atoms with E-state index in [0.29, 0.717) is 11.7 Å². The maximum atomic E-state index is 13.5. The highest BCUT2D eigenvalue weighted by Gasteiger charge is 2.44. The molecule has 0 spiro atoms. The highest BCUT2D eigenvalue weighted by molar-refractivity contribution is 7.99. The van der Waals surface area contributed by atoms with Crippen LogP contribution >= 0.6 is 11.8 Å². The van der Waals surface area contributed by atoms with Crippen LogP contribution < -0.4 is 15.8 Å². The number of hydrogen-bond donors (Lipinski definition) is 1. The second-order valence-corrected chi connectivity index (χ2v) is 11.2. The first-order valence-electron chi connectivity index (χ1n) is 14.4. The Bertz CT molecular complexity index is 1270. The maximum absolute atomic E-state index is 13.5. The van der Waals surface area contributed by atoms with Gasteiger partial charge in [0.2, 0.25) is 5.95 Å². The number of nitrogens with one attached hydrogen (secondary N) is 1. The van der Waals surface area contributed by atoms with Gasteiger partial charge in [-0.05, 0) is 13.3 Å². The molecule has 2 aromatic rings. The Labute approximate surface area is 243 Å². The molecule has 0 aliphatic carbocycles. The second kappa shape index (κ2) is 16.1. The molecule has 1 unspecified atom stereocenters. The Morgan fingerprint density at radius 2 is 1.76 bits per heavy atom. The van der Waals surface area contributed by atoms with E-state index in [4.69, 9.17) is 4.74 Å². The maximum Gasteiger partial charge on any atom is 0.491 e. The molecule has 0 aromatic carbocycles. The topological polar surface area (TPSA) is 94.3 Å². The summed E-state index contributed by atoms with van der Waals surface area (Å²) in [6.45, 7) is 4.55. The van der Waals surface area contributed by atoms with Gasteiger partial charge < -0.3 is 15.0 Å². The summed E-state index contributed by atoms with van der Waals surface area (Å²) in [5, 5.41) is 3.46. The number of unbranched alkanes of at least 4 members (excludes halogenated alkanes) is 9. The number of halogens is 3. The number of carbonyl (C=O) groups excluding carboxylic acids is 1. The Hall–Kier alpha value is -2.72. The van der Waals surface area contributed by atoms with Crippen molar-refractivity contribution in [1.82, 2.24) is 24.4 Å². The van der Waals surface area contributed by atoms with E-state index in [0.717, 1.165) is 18.6 Å². The number of piperazine rings is 1. The summed E-state index contributed by atoms with van der Waals surface area (Å²) in [6, 6.07) is 0. The normalized spacial score (nSPS) is 15.7. The fourth-order valence-corrected chi connectivity index (χ4v) is 5.70. The fraction of sp³-hybridized carbons (Fsp3) is 0.714. The van der Waals surface area contributed by atoms with Gasteiger partial charge in [0.05, 0.1) is 13.1 Å². The zero-order valence-electron chi connectivity index (χ0n) is 24.2. The molecule has 1 N–H and O–H groups in total. The lowest BCUT2D eigenvalue weighted by Gasteiger charge is -2.36. The molecule has 0 bridgehead atoms. The molecular formula is C28H41F3N6O3S. The smallest absolute Gasteiger partial charge is 0.433 e. The van der Waals surface area contributed by atoms with E-state index >= 15 is 0 Å². The van der Waals surface area contributed by atoms with Gasteiger partial charge in [0.15, 0.2) is 22.5 Å². The number of aromatic nitrogens is 4.